The first-order valence-corrected chi connectivity index (χ1v) is 34.8. The summed E-state index contributed by atoms with van der Waals surface area (Å²) in [6.07, 6.45) is 2.10. The number of ether oxygens (including phenoxy) is 3. The van der Waals surface area contributed by atoms with E-state index in [1.807, 2.05) is 72.2 Å². The van der Waals surface area contributed by atoms with Crippen LogP contribution in [-0.2, 0) is 28.6 Å². The van der Waals surface area contributed by atoms with E-state index in [0.717, 1.165) is 37.4 Å². The first-order valence-electron chi connectivity index (χ1n) is 32.2. The monoisotopic (exact) mass is 1460 g/mol. The van der Waals surface area contributed by atoms with E-state index in [9.17, 15) is 33.6 Å². The van der Waals surface area contributed by atoms with Gasteiger partial charge in [-0.2, -0.15) is 0 Å². The van der Waals surface area contributed by atoms with Crippen molar-refractivity contribution in [2.75, 3.05) is 68.5 Å². The van der Waals surface area contributed by atoms with Gasteiger partial charge in [0.2, 0.25) is 11.6 Å². The predicted molar refractivity (Wildman–Crippen MR) is 402 cm³/mol. The van der Waals surface area contributed by atoms with Crippen molar-refractivity contribution in [2.45, 2.75) is 155 Å². The van der Waals surface area contributed by atoms with Gasteiger partial charge in [-0.15, -0.1) is 34.0 Å². The largest absolute Gasteiger partial charge is 0.480 e. The van der Waals surface area contributed by atoms with Crippen LogP contribution in [0.1, 0.15) is 133 Å². The van der Waals surface area contributed by atoms with Gasteiger partial charge in [-0.05, 0) is 150 Å². The molecule has 32 nitrogen and oxygen atoms in total. The minimum absolute atomic E-state index is 0.103. The molecule has 3 aromatic heterocycles. The number of hydrogen-bond donors (Lipinski definition) is 13. The number of carboxylic acids is 1. The number of hydroxylamine groups is 2. The summed E-state index contributed by atoms with van der Waals surface area (Å²) in [7, 11) is 9.18. The van der Waals surface area contributed by atoms with E-state index in [1.165, 1.54) is 41.5 Å². The van der Waals surface area contributed by atoms with Crippen molar-refractivity contribution in [1.29, 1.82) is 0 Å². The van der Waals surface area contributed by atoms with Crippen molar-refractivity contribution in [3.63, 3.8) is 0 Å². The number of thiazole rings is 3. The number of carboxylic acid groups (broad SMARTS) is 1. The normalized spacial score (nSPS) is 13.0. The van der Waals surface area contributed by atoms with Gasteiger partial charge in [0.15, 0.2) is 33.9 Å². The number of nitrogens with one attached hydrogen (secondary N) is 7. The summed E-state index contributed by atoms with van der Waals surface area (Å²) in [5.41, 5.74) is 30.6. The lowest BCUT2D eigenvalue weighted by atomic mass is 10.1. The molecule has 18 N–H and O–H groups in total. The summed E-state index contributed by atoms with van der Waals surface area (Å²) in [5, 5.41) is 30.1. The fourth-order valence-corrected chi connectivity index (χ4v) is 10.7. The van der Waals surface area contributed by atoms with Crippen molar-refractivity contribution in [3.05, 3.63) is 88.3 Å². The van der Waals surface area contributed by atoms with Crippen LogP contribution in [0.2, 0.25) is 0 Å². The smallest absolute Gasteiger partial charge is 0.408 e. The van der Waals surface area contributed by atoms with Crippen LogP contribution < -0.4 is 65.9 Å². The Morgan fingerprint density at radius 3 is 1.21 bits per heavy atom. The fourth-order valence-electron chi connectivity index (χ4n) is 8.06. The maximum Gasteiger partial charge on any atom is 0.408 e. The number of aliphatic imine (C=N–C) groups is 4. The fraction of sp³-hybridized carbons (Fsp3) is 0.515. The molecule has 0 aliphatic carbocycles. The zero-order valence-electron chi connectivity index (χ0n) is 60.4. The van der Waals surface area contributed by atoms with Crippen LogP contribution in [0.15, 0.2) is 98.3 Å². The second kappa shape index (κ2) is 45.2. The number of nitrogens with zero attached hydrogens (tertiary/aromatic N) is 8. The number of nitrogens with two attached hydrogens (primary N) is 5. The van der Waals surface area contributed by atoms with Crippen LogP contribution in [-0.4, -0.2) is 200 Å². The second-order valence-electron chi connectivity index (χ2n) is 24.8. The number of amides is 4. The topological polar surface area (TPSA) is 482 Å². The average molecular weight is 1470 g/mol. The molecule has 0 aliphatic rings. The Morgan fingerprint density at radius 1 is 0.505 bits per heavy atom. The number of aliphatic carboxylic acids is 1. The number of guanidine groups is 4. The van der Waals surface area contributed by atoms with E-state index < -0.39 is 65.2 Å². The average Bonchev–Trinajstić information content (AvgIpc) is 1.69. The van der Waals surface area contributed by atoms with Gasteiger partial charge in [-0.1, -0.05) is 36.4 Å². The maximum atomic E-state index is 13.0. The Labute approximate surface area is 602 Å². The highest BCUT2D eigenvalue weighted by molar-refractivity contribution is 7.20. The lowest BCUT2D eigenvalue weighted by molar-refractivity contribution is -0.171. The molecule has 6 aromatic rings. The Morgan fingerprint density at radius 2 is 0.842 bits per heavy atom. The third-order valence-corrected chi connectivity index (χ3v) is 16.0. The molecule has 0 saturated heterocycles. The molecule has 0 fully saturated rings. The summed E-state index contributed by atoms with van der Waals surface area (Å²) < 4.78 is 18.7. The number of fused-ring (bicyclic) bond motifs is 3. The molecule has 0 spiro atoms. The zero-order chi connectivity index (χ0) is 75.9. The number of likely N-dealkylation sites (N-methyl/N-ethyl adjacent to an activating group) is 1. The first-order chi connectivity index (χ1) is 47.5. The minimum Gasteiger partial charge on any atom is -0.480 e. The molecular weight excluding hydrogens is 1360 g/mol. The molecule has 3 aromatic carbocycles. The molecule has 0 radical (unpaired) electrons. The lowest BCUT2D eigenvalue weighted by Crippen LogP contribution is -2.48. The molecule has 0 unspecified atom stereocenters. The highest BCUT2D eigenvalue weighted by atomic mass is 32.1. The SMILES string of the molecule is CN=C(N)NCCC[C@H](N)C(=O)c1nc2ccccc2s1.CN=C(N)NCCC[C@H](NC(=O)OC(C)(C)C)C(=O)N(C)OC.CN=C(N)NCCC[C@H](NC(=O)OC(C)(C)C)C(=O)O.CN=C(N)NCCC[C@H](NC(=O)OC(C)(C)C)C(=O)c1nc2ccccc2s1.c1ccc2scnc2c1. The van der Waals surface area contributed by atoms with Crippen molar-refractivity contribution < 1.29 is 57.7 Å². The van der Waals surface area contributed by atoms with E-state index in [4.69, 9.17) is 52.8 Å². The molecule has 0 saturated carbocycles. The number of benzene rings is 3. The Kier molecular flexibility index (Phi) is 39.2. The lowest BCUT2D eigenvalue weighted by Gasteiger charge is -2.25. The van der Waals surface area contributed by atoms with E-state index in [1.54, 1.807) is 102 Å². The summed E-state index contributed by atoms with van der Waals surface area (Å²) in [4.78, 5) is 117. The van der Waals surface area contributed by atoms with Crippen LogP contribution in [0.25, 0.3) is 30.6 Å². The Bertz CT molecular complexity index is 3570. The van der Waals surface area contributed by atoms with Gasteiger partial charge in [0.25, 0.3) is 5.91 Å². The zero-order valence-corrected chi connectivity index (χ0v) is 62.9. The number of carbonyl (C=O) groups is 7. The van der Waals surface area contributed by atoms with Gasteiger partial charge in [0.05, 0.1) is 55.4 Å². The molecule has 558 valence electrons. The molecule has 4 atom stereocenters. The van der Waals surface area contributed by atoms with Gasteiger partial charge >= 0.3 is 24.2 Å². The molecule has 3 heterocycles. The highest BCUT2D eigenvalue weighted by Gasteiger charge is 2.30. The Hall–Kier alpha value is -9.58. The number of hydrogen-bond acceptors (Lipinski definition) is 22. The third-order valence-electron chi connectivity index (χ3n) is 13.0. The molecule has 4 amide bonds. The van der Waals surface area contributed by atoms with Crippen molar-refractivity contribution in [3.8, 4) is 0 Å². The highest BCUT2D eigenvalue weighted by Crippen LogP contribution is 2.25. The summed E-state index contributed by atoms with van der Waals surface area (Å²) in [6, 6.07) is 20.3. The summed E-state index contributed by atoms with van der Waals surface area (Å²) >= 11 is 4.38. The number of para-hydroxylation sites is 3. The molecule has 101 heavy (non-hydrogen) atoms. The van der Waals surface area contributed by atoms with Gasteiger partial charge in [0, 0.05) is 61.4 Å². The second-order valence-corrected chi connectivity index (χ2v) is 27.7. The maximum absolute atomic E-state index is 13.0. The van der Waals surface area contributed by atoms with E-state index in [-0.39, 0.29) is 29.9 Å². The summed E-state index contributed by atoms with van der Waals surface area (Å²) in [5.74, 6) is -0.477. The van der Waals surface area contributed by atoms with Gasteiger partial charge in [-0.25, -0.2) is 39.2 Å². The standard InChI is InChI=1S/C19H27N5O3S.C14H29N5O4.C14H19N5OS.C12H24N4O4.C7H5NS/c1-19(2,3)27-18(26)24-13(9-7-11-22-17(20)21-4)15(25)16-23-12-8-5-6-10-14(12)28-16;1-14(2,3)23-13(21)18-10(11(20)19(5)22-6)8-7-9-17-12(15)16-4;1-17-14(16)18-8-4-5-9(15)12(20)13-19-10-6-2-3-7-11(10)21-13;1-12(2,3)20-11(19)16-8(9(17)18)6-5-7-15-10(13)14-4;1-2-4-7-6(3-1)8-5-9-7/h5-6,8,10,13H,7,9,11H2,1-4H3,(H,24,26)(H3,20,21,22);10H,7-9H2,1-6H3,(H,18,21)(H3,15,16,17);2-3,6-7,9H,4-5,8,15H2,1H3,(H3,16,17,18);8H,5-7H2,1-4H3,(H,16,19)(H,17,18)(H3,13,14,15);1-5H/t13-;10-;9-;8-;/m0000./s1. The van der Waals surface area contributed by atoms with Crippen molar-refractivity contribution >= 4 is 130 Å². The molecule has 0 bridgehead atoms. The van der Waals surface area contributed by atoms with E-state index in [2.05, 4.69) is 78.2 Å². The predicted octanol–water partition coefficient (Wildman–Crippen LogP) is 6.60. The van der Waals surface area contributed by atoms with Crippen LogP contribution in [0.5, 0.6) is 0 Å². The third kappa shape index (κ3) is 36.9. The van der Waals surface area contributed by atoms with E-state index >= 15 is 0 Å². The number of alkyl carbamates (subject to hydrolysis) is 3. The quantitative estimate of drug-likeness (QED) is 0.00679. The molecule has 0 aliphatic heterocycles. The number of Topliss-reactive ketones (excluding diaryl/α,β-unsaturated/α-hetero) is 2. The first kappa shape index (κ1) is 87.5. The van der Waals surface area contributed by atoms with Gasteiger partial charge < -0.3 is 85.2 Å². The van der Waals surface area contributed by atoms with Crippen LogP contribution in [0.4, 0.5) is 14.4 Å². The summed E-state index contributed by atoms with van der Waals surface area (Å²) in [6.45, 7) is 17.9. The minimum atomic E-state index is -1.10. The van der Waals surface area contributed by atoms with E-state index in [0.29, 0.717) is 92.6 Å². The van der Waals surface area contributed by atoms with Crippen LogP contribution in [0, 0.1) is 0 Å². The molecular formula is C66H104N20O12S3. The Balaban J connectivity index is 0.000000441. The number of aromatic nitrogens is 3. The number of rotatable bonds is 26. The van der Waals surface area contributed by atoms with Crippen LogP contribution in [0.3, 0.4) is 0 Å². The van der Waals surface area contributed by atoms with Gasteiger partial charge in [0.1, 0.15) is 28.9 Å². The number of ketones is 2. The van der Waals surface area contributed by atoms with Crippen molar-refractivity contribution in [2.24, 2.45) is 48.6 Å². The van der Waals surface area contributed by atoms with Crippen LogP contribution >= 0.6 is 34.0 Å². The molecule has 35 heteroatoms. The number of carbonyl (C=O) groups excluding carboxylic acids is 6. The molecule has 6 rings (SSSR count). The van der Waals surface area contributed by atoms with Gasteiger partial charge in [-0.3, -0.25) is 39.2 Å². The van der Waals surface area contributed by atoms with Crippen molar-refractivity contribution in [1.82, 2.24) is 57.2 Å².